The monoisotopic (exact) mass is 390 g/mol. The smallest absolute Gasteiger partial charge is 0.242 e. The van der Waals surface area contributed by atoms with Gasteiger partial charge in [0, 0.05) is 32.7 Å². The first-order chi connectivity index (χ1) is 12.7. The molecule has 2 atom stereocenters. The molecule has 1 aromatic carbocycles. The van der Waals surface area contributed by atoms with Crippen LogP contribution in [-0.2, 0) is 14.8 Å². The summed E-state index contributed by atoms with van der Waals surface area (Å²) in [5.74, 6) is 0.696. The number of hydrogen-bond donors (Lipinski definition) is 0. The summed E-state index contributed by atoms with van der Waals surface area (Å²) in [5.41, 5.74) is 0.807. The lowest BCUT2D eigenvalue weighted by Crippen LogP contribution is -2.45. The molecule has 2 unspecified atom stereocenters. The SMILES string of the molecule is CC1CN(c2oc(-c3ccc(S(=O)(=O)N(C)C)cc3)nc2C#N)CC(C)O1. The lowest BCUT2D eigenvalue weighted by molar-refractivity contribution is -0.00638. The molecule has 1 saturated heterocycles. The van der Waals surface area contributed by atoms with Crippen LogP contribution in [0.15, 0.2) is 33.6 Å². The predicted molar refractivity (Wildman–Crippen MR) is 99.7 cm³/mol. The fraction of sp³-hybridized carbons (Fsp3) is 0.444. The summed E-state index contributed by atoms with van der Waals surface area (Å²) in [6.45, 7) is 5.15. The first-order valence-corrected chi connectivity index (χ1v) is 10.0. The minimum Gasteiger partial charge on any atom is -0.419 e. The van der Waals surface area contributed by atoms with Crippen LogP contribution in [-0.4, -0.2) is 57.1 Å². The van der Waals surface area contributed by atoms with Crippen molar-refractivity contribution in [3.63, 3.8) is 0 Å². The van der Waals surface area contributed by atoms with Gasteiger partial charge in [0.25, 0.3) is 0 Å². The highest BCUT2D eigenvalue weighted by molar-refractivity contribution is 7.89. The largest absolute Gasteiger partial charge is 0.419 e. The van der Waals surface area contributed by atoms with Crippen LogP contribution >= 0.6 is 0 Å². The molecule has 0 aliphatic carbocycles. The third-order valence-electron chi connectivity index (χ3n) is 4.30. The average Bonchev–Trinajstić information content (AvgIpc) is 3.05. The zero-order chi connectivity index (χ0) is 19.8. The molecule has 0 amide bonds. The summed E-state index contributed by atoms with van der Waals surface area (Å²) in [6.07, 6.45) is 0.0359. The van der Waals surface area contributed by atoms with Crippen LogP contribution in [0.1, 0.15) is 19.5 Å². The molecule has 9 heteroatoms. The van der Waals surface area contributed by atoms with Crippen LogP contribution in [0.4, 0.5) is 5.88 Å². The van der Waals surface area contributed by atoms with Gasteiger partial charge in [-0.15, -0.1) is 0 Å². The number of hydrogen-bond acceptors (Lipinski definition) is 7. The number of rotatable bonds is 4. The highest BCUT2D eigenvalue weighted by Gasteiger charge is 2.28. The zero-order valence-electron chi connectivity index (χ0n) is 15.7. The molecule has 27 heavy (non-hydrogen) atoms. The predicted octanol–water partition coefficient (Wildman–Crippen LogP) is 2.08. The van der Waals surface area contributed by atoms with Crippen molar-refractivity contribution in [1.82, 2.24) is 9.29 Å². The first kappa shape index (κ1) is 19.4. The Bertz CT molecular complexity index is 950. The fourth-order valence-electron chi connectivity index (χ4n) is 3.05. The van der Waals surface area contributed by atoms with Gasteiger partial charge in [0.15, 0.2) is 0 Å². The average molecular weight is 390 g/mol. The molecule has 0 bridgehead atoms. The van der Waals surface area contributed by atoms with E-state index in [0.29, 0.717) is 24.5 Å². The van der Waals surface area contributed by atoms with Crippen LogP contribution in [0.5, 0.6) is 0 Å². The minimum absolute atomic E-state index is 0.0179. The van der Waals surface area contributed by atoms with E-state index in [1.54, 1.807) is 12.1 Å². The van der Waals surface area contributed by atoms with Crippen LogP contribution in [0.2, 0.25) is 0 Å². The molecule has 0 N–H and O–H groups in total. The molecule has 8 nitrogen and oxygen atoms in total. The third-order valence-corrected chi connectivity index (χ3v) is 6.13. The Hall–Kier alpha value is -2.41. The minimum atomic E-state index is -3.51. The molecule has 2 heterocycles. The van der Waals surface area contributed by atoms with Crippen molar-refractivity contribution in [2.24, 2.45) is 0 Å². The Labute approximate surface area is 159 Å². The summed E-state index contributed by atoms with van der Waals surface area (Å²) < 4.78 is 37.1. The van der Waals surface area contributed by atoms with E-state index >= 15 is 0 Å². The molecule has 1 aliphatic rings. The molecule has 0 radical (unpaired) electrons. The lowest BCUT2D eigenvalue weighted by Gasteiger charge is -2.34. The van der Waals surface area contributed by atoms with Crippen molar-refractivity contribution in [3.8, 4) is 17.5 Å². The molecule has 1 aliphatic heterocycles. The van der Waals surface area contributed by atoms with Crippen molar-refractivity contribution in [1.29, 1.82) is 5.26 Å². The maximum atomic E-state index is 12.2. The van der Waals surface area contributed by atoms with Crippen molar-refractivity contribution < 1.29 is 17.6 Å². The second-order valence-corrected chi connectivity index (χ2v) is 8.91. The fourth-order valence-corrected chi connectivity index (χ4v) is 3.95. The molecule has 144 valence electrons. The molecule has 0 spiro atoms. The Kier molecular flexibility index (Phi) is 5.24. The van der Waals surface area contributed by atoms with Gasteiger partial charge >= 0.3 is 0 Å². The standard InChI is InChI=1S/C18H22N4O4S/c1-12-10-22(11-13(2)25-12)18-16(9-19)20-17(26-18)14-5-7-15(8-6-14)27(23,24)21(3)4/h5-8,12-13H,10-11H2,1-4H3. The van der Waals surface area contributed by atoms with Gasteiger partial charge in [-0.1, -0.05) is 0 Å². The Morgan fingerprint density at radius 1 is 1.19 bits per heavy atom. The van der Waals surface area contributed by atoms with Crippen molar-refractivity contribution >= 4 is 15.9 Å². The maximum Gasteiger partial charge on any atom is 0.242 e. The summed E-state index contributed by atoms with van der Waals surface area (Å²) in [5, 5.41) is 9.44. The summed E-state index contributed by atoms with van der Waals surface area (Å²) >= 11 is 0. The van der Waals surface area contributed by atoms with Gasteiger partial charge in [-0.05, 0) is 38.1 Å². The number of sulfonamides is 1. The molecule has 0 saturated carbocycles. The molecule has 1 fully saturated rings. The second kappa shape index (κ2) is 7.31. The number of nitriles is 1. The number of aromatic nitrogens is 1. The molecule has 2 aromatic rings. The van der Waals surface area contributed by atoms with E-state index in [0.717, 1.165) is 4.31 Å². The summed E-state index contributed by atoms with van der Waals surface area (Å²) in [7, 11) is -0.546. The van der Waals surface area contributed by atoms with Gasteiger partial charge in [-0.25, -0.2) is 12.7 Å². The van der Waals surface area contributed by atoms with E-state index in [1.165, 1.54) is 26.2 Å². The van der Waals surface area contributed by atoms with Crippen molar-refractivity contribution in [2.75, 3.05) is 32.1 Å². The van der Waals surface area contributed by atoms with E-state index in [2.05, 4.69) is 11.1 Å². The van der Waals surface area contributed by atoms with Crippen LogP contribution < -0.4 is 4.90 Å². The Morgan fingerprint density at radius 2 is 1.78 bits per heavy atom. The van der Waals surface area contributed by atoms with Crippen LogP contribution in [0.25, 0.3) is 11.5 Å². The highest BCUT2D eigenvalue weighted by Crippen LogP contribution is 2.30. The molecule has 1 aromatic heterocycles. The van der Waals surface area contributed by atoms with E-state index in [9.17, 15) is 13.7 Å². The number of ether oxygens (including phenoxy) is 1. The lowest BCUT2D eigenvalue weighted by atomic mass is 10.2. The third kappa shape index (κ3) is 3.83. The van der Waals surface area contributed by atoms with E-state index in [4.69, 9.17) is 9.15 Å². The van der Waals surface area contributed by atoms with E-state index in [1.807, 2.05) is 18.7 Å². The normalized spacial score (nSPS) is 20.7. The molecular formula is C18H22N4O4S. The number of oxazole rings is 1. The summed E-state index contributed by atoms with van der Waals surface area (Å²) in [6, 6.07) is 8.32. The molecular weight excluding hydrogens is 368 g/mol. The van der Waals surface area contributed by atoms with Gasteiger partial charge in [-0.2, -0.15) is 10.2 Å². The zero-order valence-corrected chi connectivity index (χ0v) is 16.5. The Morgan fingerprint density at radius 3 is 2.30 bits per heavy atom. The number of nitrogens with zero attached hydrogens (tertiary/aromatic N) is 4. The van der Waals surface area contributed by atoms with Gasteiger partial charge in [0.1, 0.15) is 6.07 Å². The van der Waals surface area contributed by atoms with Crippen LogP contribution in [0, 0.1) is 11.3 Å². The number of morpholine rings is 1. The van der Waals surface area contributed by atoms with Crippen molar-refractivity contribution in [3.05, 3.63) is 30.0 Å². The molecule has 3 rings (SSSR count). The van der Waals surface area contributed by atoms with Gasteiger partial charge in [0.2, 0.25) is 27.5 Å². The number of benzene rings is 1. The Balaban J connectivity index is 1.93. The first-order valence-electron chi connectivity index (χ1n) is 8.56. The highest BCUT2D eigenvalue weighted by atomic mass is 32.2. The quantitative estimate of drug-likeness (QED) is 0.788. The van der Waals surface area contributed by atoms with E-state index in [-0.39, 0.29) is 28.7 Å². The van der Waals surface area contributed by atoms with E-state index < -0.39 is 10.0 Å². The number of anilines is 1. The topological polar surface area (TPSA) is 99.7 Å². The van der Waals surface area contributed by atoms with Crippen molar-refractivity contribution in [2.45, 2.75) is 31.0 Å². The maximum absolute atomic E-state index is 12.2. The summed E-state index contributed by atoms with van der Waals surface area (Å²) in [4.78, 5) is 6.42. The van der Waals surface area contributed by atoms with Gasteiger partial charge in [0.05, 0.1) is 17.1 Å². The van der Waals surface area contributed by atoms with Gasteiger partial charge in [-0.3, -0.25) is 0 Å². The van der Waals surface area contributed by atoms with Gasteiger partial charge < -0.3 is 14.1 Å². The van der Waals surface area contributed by atoms with Crippen LogP contribution in [0.3, 0.4) is 0 Å². The second-order valence-electron chi connectivity index (χ2n) is 6.76.